The third kappa shape index (κ3) is 3.51. The van der Waals surface area contributed by atoms with Gasteiger partial charge < -0.3 is 20.1 Å². The summed E-state index contributed by atoms with van der Waals surface area (Å²) in [6, 6.07) is 6.53. The second-order valence-electron chi connectivity index (χ2n) is 6.89. The second kappa shape index (κ2) is 6.48. The highest BCUT2D eigenvalue weighted by Gasteiger charge is 2.57. The topological polar surface area (TPSA) is 95.9 Å². The minimum atomic E-state index is -1.28. The molecule has 1 heterocycles. The van der Waals surface area contributed by atoms with Gasteiger partial charge in [-0.15, -0.1) is 0 Å². The van der Waals surface area contributed by atoms with Crippen LogP contribution in [0, 0.1) is 5.41 Å². The molecular weight excluding hydrogens is 324 g/mol. The summed E-state index contributed by atoms with van der Waals surface area (Å²) in [5, 5.41) is 11.8. The van der Waals surface area contributed by atoms with E-state index in [-0.39, 0.29) is 18.1 Å². The number of hydrogen-bond acceptors (Lipinski definition) is 4. The minimum Gasteiger partial charge on any atom is -0.480 e. The highest BCUT2D eigenvalue weighted by Crippen LogP contribution is 2.46. The van der Waals surface area contributed by atoms with Crippen molar-refractivity contribution in [2.75, 3.05) is 18.4 Å². The molecule has 1 aromatic carbocycles. The number of rotatable bonds is 4. The lowest BCUT2D eigenvalue weighted by Gasteiger charge is -2.35. The van der Waals surface area contributed by atoms with E-state index in [1.807, 2.05) is 13.8 Å². The van der Waals surface area contributed by atoms with E-state index < -0.39 is 17.3 Å². The van der Waals surface area contributed by atoms with Crippen molar-refractivity contribution in [1.82, 2.24) is 4.90 Å². The molecule has 2 amide bonds. The Labute approximate surface area is 146 Å². The van der Waals surface area contributed by atoms with Crippen LogP contribution in [-0.4, -0.2) is 53.1 Å². The van der Waals surface area contributed by atoms with E-state index in [9.17, 15) is 14.4 Å². The van der Waals surface area contributed by atoms with Gasteiger partial charge in [0.1, 0.15) is 5.41 Å². The van der Waals surface area contributed by atoms with E-state index >= 15 is 0 Å². The van der Waals surface area contributed by atoms with Gasteiger partial charge in [-0.05, 0) is 51.0 Å². The van der Waals surface area contributed by atoms with E-state index in [0.717, 1.165) is 0 Å². The average molecular weight is 346 g/mol. The van der Waals surface area contributed by atoms with E-state index in [2.05, 4.69) is 5.32 Å². The molecule has 7 heteroatoms. The number of carboxylic acid groups (broad SMARTS) is 1. The lowest BCUT2D eigenvalue weighted by molar-refractivity contribution is -0.147. The number of morpholine rings is 1. The van der Waals surface area contributed by atoms with Crippen LogP contribution in [0.1, 0.15) is 37.0 Å². The zero-order valence-corrected chi connectivity index (χ0v) is 14.3. The Bertz CT molecular complexity index is 686. The predicted molar refractivity (Wildman–Crippen MR) is 90.3 cm³/mol. The zero-order valence-electron chi connectivity index (χ0n) is 14.3. The highest BCUT2D eigenvalue weighted by atomic mass is 16.5. The van der Waals surface area contributed by atoms with Gasteiger partial charge in [-0.2, -0.15) is 0 Å². The first-order valence-electron chi connectivity index (χ1n) is 8.41. The molecule has 3 rings (SSSR count). The number of benzene rings is 1. The number of nitrogens with one attached hydrogen (secondary N) is 1. The molecule has 2 atom stereocenters. The molecule has 2 aliphatic rings. The second-order valence-corrected chi connectivity index (χ2v) is 6.89. The van der Waals surface area contributed by atoms with Gasteiger partial charge in [0.25, 0.3) is 5.91 Å². The molecule has 1 saturated carbocycles. The summed E-state index contributed by atoms with van der Waals surface area (Å²) in [6.45, 7) is 4.96. The van der Waals surface area contributed by atoms with Gasteiger partial charge in [0.15, 0.2) is 0 Å². The van der Waals surface area contributed by atoms with Crippen molar-refractivity contribution >= 4 is 23.5 Å². The Kier molecular flexibility index (Phi) is 4.51. The van der Waals surface area contributed by atoms with E-state index in [1.165, 1.54) is 0 Å². The summed E-state index contributed by atoms with van der Waals surface area (Å²) >= 11 is 0. The lowest BCUT2D eigenvalue weighted by atomic mass is 10.1. The van der Waals surface area contributed by atoms with Gasteiger partial charge >= 0.3 is 5.97 Å². The molecule has 134 valence electrons. The Morgan fingerprint density at radius 3 is 2.16 bits per heavy atom. The van der Waals surface area contributed by atoms with Gasteiger partial charge in [0, 0.05) is 24.3 Å². The summed E-state index contributed by atoms with van der Waals surface area (Å²) in [6.07, 6.45) is 0.713. The SMILES string of the molecule is C[C@@H]1CN(C(=O)c2ccc(NC(=O)C3(C(=O)O)CC3)cc2)C[C@H](C)O1. The van der Waals surface area contributed by atoms with Crippen LogP contribution in [0.5, 0.6) is 0 Å². The highest BCUT2D eigenvalue weighted by molar-refractivity contribution is 6.10. The Morgan fingerprint density at radius 1 is 1.12 bits per heavy atom. The quantitative estimate of drug-likeness (QED) is 0.810. The van der Waals surface area contributed by atoms with Crippen molar-refractivity contribution in [3.8, 4) is 0 Å². The monoisotopic (exact) mass is 346 g/mol. The number of nitrogens with zero attached hydrogens (tertiary/aromatic N) is 1. The number of aliphatic carboxylic acids is 1. The molecule has 0 radical (unpaired) electrons. The molecular formula is C18H22N2O5. The van der Waals surface area contributed by atoms with Crippen molar-refractivity contribution in [2.24, 2.45) is 5.41 Å². The molecule has 2 N–H and O–H groups in total. The standard InChI is InChI=1S/C18H22N2O5/c1-11-9-20(10-12(2)25-11)15(21)13-3-5-14(6-4-13)19-16(22)18(7-8-18)17(23)24/h3-6,11-12H,7-10H2,1-2H3,(H,19,22)(H,23,24)/t11-,12+. The molecule has 0 bridgehead atoms. The fourth-order valence-corrected chi connectivity index (χ4v) is 3.14. The van der Waals surface area contributed by atoms with Crippen LogP contribution in [0.2, 0.25) is 0 Å². The first kappa shape index (κ1) is 17.4. The fraction of sp³-hybridized carbons (Fsp3) is 0.500. The molecule has 1 aliphatic heterocycles. The first-order chi connectivity index (χ1) is 11.8. The lowest BCUT2D eigenvalue weighted by Crippen LogP contribution is -2.48. The summed E-state index contributed by atoms with van der Waals surface area (Å²) in [4.78, 5) is 37.6. The summed E-state index contributed by atoms with van der Waals surface area (Å²) in [7, 11) is 0. The maximum atomic E-state index is 12.6. The van der Waals surface area contributed by atoms with Crippen LogP contribution in [-0.2, 0) is 14.3 Å². The smallest absolute Gasteiger partial charge is 0.319 e. The number of carbonyl (C=O) groups excluding carboxylic acids is 2. The van der Waals surface area contributed by atoms with E-state index in [0.29, 0.717) is 37.2 Å². The Hall–Kier alpha value is -2.41. The van der Waals surface area contributed by atoms with Crippen molar-refractivity contribution in [1.29, 1.82) is 0 Å². The maximum Gasteiger partial charge on any atom is 0.319 e. The largest absolute Gasteiger partial charge is 0.480 e. The van der Waals surface area contributed by atoms with Crippen molar-refractivity contribution in [2.45, 2.75) is 38.9 Å². The van der Waals surface area contributed by atoms with Gasteiger partial charge in [-0.1, -0.05) is 0 Å². The fourth-order valence-electron chi connectivity index (χ4n) is 3.14. The third-order valence-corrected chi connectivity index (χ3v) is 4.69. The molecule has 2 fully saturated rings. The van der Waals surface area contributed by atoms with E-state index in [4.69, 9.17) is 9.84 Å². The van der Waals surface area contributed by atoms with Crippen LogP contribution in [0.3, 0.4) is 0 Å². The van der Waals surface area contributed by atoms with E-state index in [1.54, 1.807) is 29.2 Å². The number of carbonyl (C=O) groups is 3. The first-order valence-corrected chi connectivity index (χ1v) is 8.41. The minimum absolute atomic E-state index is 0.00277. The number of amides is 2. The zero-order chi connectivity index (χ0) is 18.2. The van der Waals surface area contributed by atoms with Gasteiger partial charge in [-0.25, -0.2) is 0 Å². The molecule has 1 aliphatic carbocycles. The molecule has 1 aromatic rings. The van der Waals surface area contributed by atoms with Gasteiger partial charge in [0.2, 0.25) is 5.91 Å². The van der Waals surface area contributed by atoms with Gasteiger partial charge in [0.05, 0.1) is 12.2 Å². The van der Waals surface area contributed by atoms with Crippen LogP contribution in [0.25, 0.3) is 0 Å². The molecule has 25 heavy (non-hydrogen) atoms. The Balaban J connectivity index is 1.65. The summed E-state index contributed by atoms with van der Waals surface area (Å²) in [5.41, 5.74) is -0.273. The molecule has 0 aromatic heterocycles. The third-order valence-electron chi connectivity index (χ3n) is 4.69. The number of anilines is 1. The molecule has 1 saturated heterocycles. The van der Waals surface area contributed by atoms with Crippen LogP contribution in [0.4, 0.5) is 5.69 Å². The van der Waals surface area contributed by atoms with Gasteiger partial charge in [-0.3, -0.25) is 14.4 Å². The average Bonchev–Trinajstić information content (AvgIpc) is 3.36. The molecule has 0 unspecified atom stereocenters. The predicted octanol–water partition coefficient (Wildman–Crippen LogP) is 1.74. The van der Waals surface area contributed by atoms with Crippen LogP contribution in [0.15, 0.2) is 24.3 Å². The normalized spacial score (nSPS) is 24.5. The number of hydrogen-bond donors (Lipinski definition) is 2. The van der Waals surface area contributed by atoms with Crippen molar-refractivity contribution in [3.05, 3.63) is 29.8 Å². The van der Waals surface area contributed by atoms with Crippen LogP contribution >= 0.6 is 0 Å². The molecule has 7 nitrogen and oxygen atoms in total. The summed E-state index contributed by atoms with van der Waals surface area (Å²) in [5.74, 6) is -1.67. The number of ether oxygens (including phenoxy) is 1. The molecule has 0 spiro atoms. The van der Waals surface area contributed by atoms with Crippen molar-refractivity contribution in [3.63, 3.8) is 0 Å². The van der Waals surface area contributed by atoms with Crippen molar-refractivity contribution < 1.29 is 24.2 Å². The Morgan fingerprint density at radius 2 is 1.68 bits per heavy atom. The maximum absolute atomic E-state index is 12.6. The number of carboxylic acids is 1. The van der Waals surface area contributed by atoms with Crippen LogP contribution < -0.4 is 5.32 Å². The summed E-state index contributed by atoms with van der Waals surface area (Å²) < 4.78 is 5.63.